The molecule has 7 heteroatoms. The van der Waals surface area contributed by atoms with E-state index >= 15 is 0 Å². The molecule has 0 aliphatic carbocycles. The molecule has 0 aromatic carbocycles. The Bertz CT molecular complexity index is 954. The number of carbonyl (C=O) groups excluding carboxylic acids is 1. The molecule has 3 aromatic rings. The Balaban J connectivity index is 1.60. The lowest BCUT2D eigenvalue weighted by molar-refractivity contribution is 0.0711. The van der Waals surface area contributed by atoms with E-state index < -0.39 is 0 Å². The van der Waals surface area contributed by atoms with Crippen LogP contribution in [0.15, 0.2) is 24.7 Å². The summed E-state index contributed by atoms with van der Waals surface area (Å²) in [6, 6.07) is 1.80. The summed E-state index contributed by atoms with van der Waals surface area (Å²) in [5.74, 6) is 1.67. The zero-order valence-corrected chi connectivity index (χ0v) is 15.5. The van der Waals surface area contributed by atoms with Gasteiger partial charge in [-0.15, -0.1) is 0 Å². The molecule has 0 unspecified atom stereocenters. The molecular weight excluding hydrogens is 328 g/mol. The highest BCUT2D eigenvalue weighted by Crippen LogP contribution is 2.23. The van der Waals surface area contributed by atoms with E-state index in [1.807, 2.05) is 4.90 Å². The molecule has 4 heterocycles. The summed E-state index contributed by atoms with van der Waals surface area (Å²) < 4.78 is 3.90. The molecule has 0 atom stereocenters. The Labute approximate surface area is 152 Å². The topological polar surface area (TPSA) is 68.3 Å². The lowest BCUT2D eigenvalue weighted by atomic mass is 10.0. The van der Waals surface area contributed by atoms with Crippen LogP contribution in [0.25, 0.3) is 5.65 Å². The summed E-state index contributed by atoms with van der Waals surface area (Å²) in [4.78, 5) is 24.0. The van der Waals surface area contributed by atoms with E-state index in [1.165, 1.54) is 5.69 Å². The van der Waals surface area contributed by atoms with Gasteiger partial charge in [0, 0.05) is 25.5 Å². The van der Waals surface area contributed by atoms with Gasteiger partial charge in [-0.25, -0.2) is 14.5 Å². The van der Waals surface area contributed by atoms with Gasteiger partial charge in [-0.05, 0) is 31.7 Å². The fraction of sp³-hybridized carbons (Fsp3) is 0.474. The van der Waals surface area contributed by atoms with Gasteiger partial charge in [-0.1, -0.05) is 13.8 Å². The van der Waals surface area contributed by atoms with Crippen LogP contribution in [0.2, 0.25) is 0 Å². The number of carbonyl (C=O) groups is 1. The predicted molar refractivity (Wildman–Crippen MR) is 97.9 cm³/mol. The maximum absolute atomic E-state index is 13.1. The second kappa shape index (κ2) is 6.55. The first-order valence-corrected chi connectivity index (χ1v) is 9.17. The molecule has 3 aromatic heterocycles. The number of rotatable bonds is 4. The Kier molecular flexibility index (Phi) is 4.22. The maximum atomic E-state index is 13.1. The number of amides is 1. The van der Waals surface area contributed by atoms with E-state index in [2.05, 4.69) is 35.4 Å². The zero-order valence-electron chi connectivity index (χ0n) is 15.5. The largest absolute Gasteiger partial charge is 0.331 e. The lowest BCUT2D eigenvalue weighted by Gasteiger charge is -2.29. The SMILES string of the molecule is Cc1nc(CCC(C)C)c2n1CCN(C(=O)c1cnn3cccnc13)C2. The van der Waals surface area contributed by atoms with E-state index in [0.717, 1.165) is 30.9 Å². The number of nitrogens with zero attached hydrogens (tertiary/aromatic N) is 6. The smallest absolute Gasteiger partial charge is 0.259 e. The molecule has 26 heavy (non-hydrogen) atoms. The molecule has 0 bridgehead atoms. The Hall–Kier alpha value is -2.70. The highest BCUT2D eigenvalue weighted by Gasteiger charge is 2.27. The van der Waals surface area contributed by atoms with Crippen molar-refractivity contribution in [1.29, 1.82) is 0 Å². The summed E-state index contributed by atoms with van der Waals surface area (Å²) in [5.41, 5.74) is 3.46. The van der Waals surface area contributed by atoms with Crippen molar-refractivity contribution in [2.45, 2.75) is 46.7 Å². The fourth-order valence-corrected chi connectivity index (χ4v) is 3.57. The van der Waals surface area contributed by atoms with Gasteiger partial charge < -0.3 is 9.47 Å². The number of hydrogen-bond acceptors (Lipinski definition) is 4. The minimum absolute atomic E-state index is 0.0152. The Morgan fingerprint density at radius 2 is 2.15 bits per heavy atom. The van der Waals surface area contributed by atoms with Crippen LogP contribution >= 0.6 is 0 Å². The van der Waals surface area contributed by atoms with E-state index in [9.17, 15) is 4.79 Å². The quantitative estimate of drug-likeness (QED) is 0.723. The van der Waals surface area contributed by atoms with Crippen molar-refractivity contribution in [1.82, 2.24) is 29.0 Å². The molecule has 1 aliphatic rings. The van der Waals surface area contributed by atoms with Crippen molar-refractivity contribution < 1.29 is 4.79 Å². The number of fused-ring (bicyclic) bond motifs is 2. The van der Waals surface area contributed by atoms with Crippen LogP contribution in [0.5, 0.6) is 0 Å². The van der Waals surface area contributed by atoms with E-state index in [-0.39, 0.29) is 5.91 Å². The summed E-state index contributed by atoms with van der Waals surface area (Å²) in [7, 11) is 0. The van der Waals surface area contributed by atoms with Gasteiger partial charge in [0.25, 0.3) is 5.91 Å². The van der Waals surface area contributed by atoms with Gasteiger partial charge in [-0.2, -0.15) is 5.10 Å². The van der Waals surface area contributed by atoms with E-state index in [4.69, 9.17) is 4.98 Å². The average Bonchev–Trinajstić information content (AvgIpc) is 3.20. The van der Waals surface area contributed by atoms with Crippen LogP contribution < -0.4 is 0 Å². The number of imidazole rings is 1. The lowest BCUT2D eigenvalue weighted by Crippen LogP contribution is -2.38. The molecule has 0 saturated carbocycles. The molecule has 0 N–H and O–H groups in total. The summed E-state index contributed by atoms with van der Waals surface area (Å²) in [5, 5.41) is 4.24. The first-order valence-electron chi connectivity index (χ1n) is 9.17. The van der Waals surface area contributed by atoms with Crippen LogP contribution in [-0.4, -0.2) is 41.5 Å². The molecular formula is C19H24N6O. The van der Waals surface area contributed by atoms with Gasteiger partial charge in [0.05, 0.1) is 24.1 Å². The third-order valence-electron chi connectivity index (χ3n) is 5.04. The molecule has 0 radical (unpaired) electrons. The standard InChI is InChI=1S/C19H24N6O/c1-13(2)5-6-16-17-12-23(9-10-24(17)14(3)22-16)19(26)15-11-21-25-8-4-7-20-18(15)25/h4,7-8,11,13H,5-6,9-10,12H2,1-3H3. The van der Waals surface area contributed by atoms with Crippen LogP contribution in [-0.2, 0) is 19.5 Å². The van der Waals surface area contributed by atoms with Gasteiger partial charge in [0.1, 0.15) is 11.4 Å². The van der Waals surface area contributed by atoms with Crippen molar-refractivity contribution in [3.8, 4) is 0 Å². The van der Waals surface area contributed by atoms with Crippen molar-refractivity contribution in [3.05, 3.63) is 47.4 Å². The third-order valence-corrected chi connectivity index (χ3v) is 5.04. The van der Waals surface area contributed by atoms with Crippen LogP contribution in [0.3, 0.4) is 0 Å². The fourth-order valence-electron chi connectivity index (χ4n) is 3.57. The van der Waals surface area contributed by atoms with Crippen molar-refractivity contribution in [2.24, 2.45) is 5.92 Å². The van der Waals surface area contributed by atoms with Crippen LogP contribution in [0.1, 0.15) is 47.8 Å². The minimum atomic E-state index is -0.0152. The van der Waals surface area contributed by atoms with Crippen LogP contribution in [0, 0.1) is 12.8 Å². The Morgan fingerprint density at radius 1 is 1.31 bits per heavy atom. The molecule has 0 fully saturated rings. The molecule has 1 amide bonds. The number of aromatic nitrogens is 5. The van der Waals surface area contributed by atoms with Gasteiger partial charge in [0.2, 0.25) is 0 Å². The third kappa shape index (κ3) is 2.87. The second-order valence-electron chi connectivity index (χ2n) is 7.31. The highest BCUT2D eigenvalue weighted by molar-refractivity contribution is 5.99. The van der Waals surface area contributed by atoms with Crippen LogP contribution in [0.4, 0.5) is 0 Å². The summed E-state index contributed by atoms with van der Waals surface area (Å²) >= 11 is 0. The van der Waals surface area contributed by atoms with Gasteiger partial charge in [0.15, 0.2) is 5.65 Å². The second-order valence-corrected chi connectivity index (χ2v) is 7.31. The summed E-state index contributed by atoms with van der Waals surface area (Å²) in [6.45, 7) is 8.56. The number of hydrogen-bond donors (Lipinski definition) is 0. The molecule has 136 valence electrons. The van der Waals surface area contributed by atoms with E-state index in [0.29, 0.717) is 30.2 Å². The van der Waals surface area contributed by atoms with Crippen molar-refractivity contribution >= 4 is 11.6 Å². The van der Waals surface area contributed by atoms with Gasteiger partial charge in [-0.3, -0.25) is 4.79 Å². The molecule has 1 aliphatic heterocycles. The monoisotopic (exact) mass is 352 g/mol. The van der Waals surface area contributed by atoms with Gasteiger partial charge >= 0.3 is 0 Å². The van der Waals surface area contributed by atoms with Crippen molar-refractivity contribution in [3.63, 3.8) is 0 Å². The van der Waals surface area contributed by atoms with Crippen molar-refractivity contribution in [2.75, 3.05) is 6.54 Å². The first kappa shape index (κ1) is 16.8. The normalized spacial score (nSPS) is 14.2. The molecule has 0 spiro atoms. The number of aryl methyl sites for hydroxylation is 2. The highest BCUT2D eigenvalue weighted by atomic mass is 16.2. The minimum Gasteiger partial charge on any atom is -0.331 e. The maximum Gasteiger partial charge on any atom is 0.259 e. The summed E-state index contributed by atoms with van der Waals surface area (Å²) in [6.07, 6.45) is 7.17. The zero-order chi connectivity index (χ0) is 18.3. The molecule has 4 rings (SSSR count). The average molecular weight is 352 g/mol. The molecule has 0 saturated heterocycles. The first-order chi connectivity index (χ1) is 12.5. The van der Waals surface area contributed by atoms with E-state index in [1.54, 1.807) is 29.2 Å². The predicted octanol–water partition coefficient (Wildman–Crippen LogP) is 2.48. The Morgan fingerprint density at radius 3 is 2.96 bits per heavy atom. The molecule has 7 nitrogen and oxygen atoms in total.